The normalized spacial score (nSPS) is 25.8. The van der Waals surface area contributed by atoms with Gasteiger partial charge in [0.25, 0.3) is 0 Å². The molecule has 1 saturated carbocycles. The van der Waals surface area contributed by atoms with E-state index in [-0.39, 0.29) is 17.9 Å². The summed E-state index contributed by atoms with van der Waals surface area (Å²) >= 11 is 0. The maximum Gasteiger partial charge on any atom is 0.0650 e. The van der Waals surface area contributed by atoms with E-state index in [0.29, 0.717) is 5.92 Å². The zero-order valence-corrected chi connectivity index (χ0v) is 10.6. The van der Waals surface area contributed by atoms with Gasteiger partial charge >= 0.3 is 0 Å². The van der Waals surface area contributed by atoms with Crippen molar-refractivity contribution < 1.29 is 10.2 Å². The zero-order valence-electron chi connectivity index (χ0n) is 10.6. The van der Waals surface area contributed by atoms with Crippen molar-refractivity contribution in [2.45, 2.75) is 58.2 Å². The van der Waals surface area contributed by atoms with Crippen molar-refractivity contribution in [3.8, 4) is 0 Å². The maximum atomic E-state index is 10.3. The summed E-state index contributed by atoms with van der Waals surface area (Å²) in [7, 11) is 0. The van der Waals surface area contributed by atoms with Gasteiger partial charge in [0.05, 0.1) is 12.2 Å². The lowest BCUT2D eigenvalue weighted by molar-refractivity contribution is -0.0316. The van der Waals surface area contributed by atoms with Crippen molar-refractivity contribution in [1.29, 1.82) is 0 Å². The van der Waals surface area contributed by atoms with Gasteiger partial charge in [-0.15, -0.1) is 6.58 Å². The molecule has 1 rings (SSSR count). The van der Waals surface area contributed by atoms with Crippen molar-refractivity contribution in [3.05, 3.63) is 12.7 Å². The first-order valence-electron chi connectivity index (χ1n) is 6.56. The molecule has 0 radical (unpaired) electrons. The molecular formula is C14H26O2. The monoisotopic (exact) mass is 226 g/mol. The van der Waals surface area contributed by atoms with Crippen molar-refractivity contribution in [2.24, 2.45) is 17.8 Å². The molecule has 2 N–H and O–H groups in total. The molecule has 0 spiro atoms. The molecule has 0 heterocycles. The molecule has 0 aromatic carbocycles. The lowest BCUT2D eigenvalue weighted by atomic mass is 9.77. The Morgan fingerprint density at radius 3 is 2.19 bits per heavy atom. The molecule has 16 heavy (non-hydrogen) atoms. The van der Waals surface area contributed by atoms with Gasteiger partial charge in [0, 0.05) is 11.8 Å². The third kappa shape index (κ3) is 3.33. The van der Waals surface area contributed by atoms with Crippen LogP contribution < -0.4 is 0 Å². The summed E-state index contributed by atoms with van der Waals surface area (Å²) in [5.41, 5.74) is 0. The molecule has 1 aliphatic carbocycles. The summed E-state index contributed by atoms with van der Waals surface area (Å²) in [6, 6.07) is 0. The van der Waals surface area contributed by atoms with Crippen LogP contribution in [0.2, 0.25) is 0 Å². The van der Waals surface area contributed by atoms with Gasteiger partial charge < -0.3 is 10.2 Å². The second kappa shape index (κ2) is 6.41. The van der Waals surface area contributed by atoms with Gasteiger partial charge in [-0.3, -0.25) is 0 Å². The number of rotatable bonds is 5. The number of hydrogen-bond donors (Lipinski definition) is 2. The molecule has 0 bridgehead atoms. The van der Waals surface area contributed by atoms with E-state index in [1.54, 1.807) is 6.08 Å². The summed E-state index contributed by atoms with van der Waals surface area (Å²) < 4.78 is 0. The van der Waals surface area contributed by atoms with Crippen molar-refractivity contribution in [1.82, 2.24) is 0 Å². The van der Waals surface area contributed by atoms with Crippen LogP contribution in [0.15, 0.2) is 12.7 Å². The van der Waals surface area contributed by atoms with Gasteiger partial charge in [-0.05, 0) is 18.8 Å². The second-order valence-corrected chi connectivity index (χ2v) is 5.33. The fourth-order valence-electron chi connectivity index (χ4n) is 2.73. The van der Waals surface area contributed by atoms with Gasteiger partial charge in [-0.2, -0.15) is 0 Å². The fraction of sp³-hybridized carbons (Fsp3) is 0.857. The zero-order chi connectivity index (χ0) is 12.1. The van der Waals surface area contributed by atoms with Gasteiger partial charge in [-0.1, -0.05) is 39.2 Å². The highest BCUT2D eigenvalue weighted by atomic mass is 16.3. The smallest absolute Gasteiger partial charge is 0.0650 e. The van der Waals surface area contributed by atoms with Crippen LogP contribution in [0, 0.1) is 17.8 Å². The minimum absolute atomic E-state index is 0.0493. The summed E-state index contributed by atoms with van der Waals surface area (Å²) in [6.45, 7) is 7.59. The Hall–Kier alpha value is -0.340. The molecule has 1 aliphatic rings. The van der Waals surface area contributed by atoms with E-state index >= 15 is 0 Å². The summed E-state index contributed by atoms with van der Waals surface area (Å²) in [4.78, 5) is 0. The van der Waals surface area contributed by atoms with Crippen LogP contribution in [0.3, 0.4) is 0 Å². The molecule has 2 unspecified atom stereocenters. The average molecular weight is 226 g/mol. The molecule has 0 amide bonds. The third-order valence-corrected chi connectivity index (χ3v) is 4.12. The van der Waals surface area contributed by atoms with Crippen LogP contribution in [-0.2, 0) is 0 Å². The van der Waals surface area contributed by atoms with E-state index in [1.165, 1.54) is 19.3 Å². The minimum atomic E-state index is -0.477. The summed E-state index contributed by atoms with van der Waals surface area (Å²) in [6.07, 6.45) is 6.88. The molecule has 94 valence electrons. The van der Waals surface area contributed by atoms with Gasteiger partial charge in [0.15, 0.2) is 0 Å². The first-order chi connectivity index (χ1) is 7.57. The standard InChI is InChI=1S/C14H26O2/c1-4-10(2)13(15)11(3)14(16)12-8-6-5-7-9-12/h4,10-16H,1,5-9H2,2-3H3/t10-,11+,13?,14?/m1/s1. The van der Waals surface area contributed by atoms with E-state index in [9.17, 15) is 10.2 Å². The molecule has 0 aromatic heterocycles. The minimum Gasteiger partial charge on any atom is -0.392 e. The Morgan fingerprint density at radius 2 is 1.69 bits per heavy atom. The van der Waals surface area contributed by atoms with E-state index in [0.717, 1.165) is 12.8 Å². The molecular weight excluding hydrogens is 200 g/mol. The van der Waals surface area contributed by atoms with E-state index in [2.05, 4.69) is 6.58 Å². The summed E-state index contributed by atoms with van der Waals surface area (Å²) in [5.74, 6) is 0.375. The fourth-order valence-corrected chi connectivity index (χ4v) is 2.73. The lowest BCUT2D eigenvalue weighted by Crippen LogP contribution is -2.38. The Bertz CT molecular complexity index is 209. The number of aliphatic hydroxyl groups excluding tert-OH is 2. The van der Waals surface area contributed by atoms with Gasteiger partial charge in [0.1, 0.15) is 0 Å². The number of hydrogen-bond acceptors (Lipinski definition) is 2. The lowest BCUT2D eigenvalue weighted by Gasteiger charge is -2.34. The molecule has 0 aromatic rings. The quantitative estimate of drug-likeness (QED) is 0.708. The Balaban J connectivity index is 2.50. The van der Waals surface area contributed by atoms with Crippen molar-refractivity contribution in [2.75, 3.05) is 0 Å². The first kappa shape index (κ1) is 13.7. The Morgan fingerprint density at radius 1 is 1.12 bits per heavy atom. The predicted octanol–water partition coefficient (Wildman–Crippen LogP) is 2.75. The SMILES string of the molecule is C=C[C@@H](C)C(O)[C@H](C)C(O)C1CCCCC1. The van der Waals surface area contributed by atoms with E-state index in [1.807, 2.05) is 13.8 Å². The highest BCUT2D eigenvalue weighted by Crippen LogP contribution is 2.31. The molecule has 4 atom stereocenters. The third-order valence-electron chi connectivity index (χ3n) is 4.12. The molecule has 0 saturated heterocycles. The highest BCUT2D eigenvalue weighted by molar-refractivity contribution is 4.88. The predicted molar refractivity (Wildman–Crippen MR) is 67.1 cm³/mol. The van der Waals surface area contributed by atoms with Crippen LogP contribution >= 0.6 is 0 Å². The van der Waals surface area contributed by atoms with Crippen molar-refractivity contribution >= 4 is 0 Å². The Kier molecular flexibility index (Phi) is 5.50. The molecule has 2 nitrogen and oxygen atoms in total. The van der Waals surface area contributed by atoms with E-state index < -0.39 is 6.10 Å². The van der Waals surface area contributed by atoms with Crippen molar-refractivity contribution in [3.63, 3.8) is 0 Å². The van der Waals surface area contributed by atoms with Crippen LogP contribution in [0.1, 0.15) is 46.0 Å². The van der Waals surface area contributed by atoms with Crippen LogP contribution in [-0.4, -0.2) is 22.4 Å². The number of aliphatic hydroxyl groups is 2. The molecule has 2 heteroatoms. The largest absolute Gasteiger partial charge is 0.392 e. The first-order valence-corrected chi connectivity index (χ1v) is 6.56. The van der Waals surface area contributed by atoms with Crippen LogP contribution in [0.25, 0.3) is 0 Å². The second-order valence-electron chi connectivity index (χ2n) is 5.33. The van der Waals surface area contributed by atoms with Gasteiger partial charge in [-0.25, -0.2) is 0 Å². The van der Waals surface area contributed by atoms with Gasteiger partial charge in [0.2, 0.25) is 0 Å². The van der Waals surface area contributed by atoms with E-state index in [4.69, 9.17) is 0 Å². The Labute approximate surface area is 99.4 Å². The van der Waals surface area contributed by atoms with Crippen LogP contribution in [0.4, 0.5) is 0 Å². The topological polar surface area (TPSA) is 40.5 Å². The average Bonchev–Trinajstić information content (AvgIpc) is 2.36. The molecule has 1 fully saturated rings. The highest BCUT2D eigenvalue weighted by Gasteiger charge is 2.31. The van der Waals surface area contributed by atoms with Crippen LogP contribution in [0.5, 0.6) is 0 Å². The summed E-state index contributed by atoms with van der Waals surface area (Å²) in [5, 5.41) is 20.3. The molecule has 0 aliphatic heterocycles. The maximum absolute atomic E-state index is 10.3.